The smallest absolute Gasteiger partial charge is 0.334 e. The van der Waals surface area contributed by atoms with Crippen molar-refractivity contribution in [3.05, 3.63) is 71.8 Å². The van der Waals surface area contributed by atoms with Gasteiger partial charge in [0.05, 0.1) is 7.11 Å². The highest BCUT2D eigenvalue weighted by Gasteiger charge is 2.57. The standard InChI is InChI=1S/C21H20INO3/c1-25-20(24)21-13-18(26-19(23-21)15-10-6-3-7-11-15)17(22)12-16(21)14-8-4-2-5-9-14/h2-11,16-18H,12-13H2,1H3/t16-,17+,18+,21-/m1/s1. The van der Waals surface area contributed by atoms with E-state index < -0.39 is 5.54 Å². The molecule has 4 rings (SSSR count). The van der Waals surface area contributed by atoms with Gasteiger partial charge in [0.15, 0.2) is 5.54 Å². The Balaban J connectivity index is 1.87. The molecule has 0 saturated heterocycles. The van der Waals surface area contributed by atoms with E-state index in [2.05, 4.69) is 34.7 Å². The van der Waals surface area contributed by atoms with Gasteiger partial charge in [-0.15, -0.1) is 0 Å². The number of nitrogens with zero attached hydrogens (tertiary/aromatic N) is 1. The summed E-state index contributed by atoms with van der Waals surface area (Å²) in [6, 6.07) is 19.9. The molecular formula is C21H20INO3. The van der Waals surface area contributed by atoms with Crippen molar-refractivity contribution >= 4 is 34.5 Å². The molecular weight excluding hydrogens is 441 g/mol. The Morgan fingerprint density at radius 2 is 1.81 bits per heavy atom. The summed E-state index contributed by atoms with van der Waals surface area (Å²) in [5, 5.41) is 0. The fraction of sp³-hybridized carbons (Fsp3) is 0.333. The Morgan fingerprint density at radius 1 is 1.15 bits per heavy atom. The lowest BCUT2D eigenvalue weighted by Gasteiger charge is -2.47. The second-order valence-corrected chi connectivity index (χ2v) is 8.37. The number of alkyl halides is 1. The minimum absolute atomic E-state index is 0.0306. The number of aliphatic imine (C=N–C) groups is 1. The van der Waals surface area contributed by atoms with Gasteiger partial charge in [0.1, 0.15) is 6.10 Å². The fourth-order valence-electron chi connectivity index (χ4n) is 4.00. The Kier molecular flexibility index (Phi) is 4.73. The number of carbonyl (C=O) groups excluding carboxylic acids is 1. The Labute approximate surface area is 166 Å². The summed E-state index contributed by atoms with van der Waals surface area (Å²) < 4.78 is 11.7. The summed E-state index contributed by atoms with van der Waals surface area (Å²) in [7, 11) is 1.44. The molecule has 1 fully saturated rings. The lowest BCUT2D eigenvalue weighted by Crippen LogP contribution is -2.57. The molecule has 1 aliphatic heterocycles. The minimum Gasteiger partial charge on any atom is -0.473 e. The van der Waals surface area contributed by atoms with Gasteiger partial charge in [-0.25, -0.2) is 9.79 Å². The Morgan fingerprint density at radius 3 is 2.46 bits per heavy atom. The van der Waals surface area contributed by atoms with Crippen LogP contribution in [0.4, 0.5) is 0 Å². The van der Waals surface area contributed by atoms with Crippen molar-refractivity contribution < 1.29 is 14.3 Å². The molecule has 5 heteroatoms. The fourth-order valence-corrected chi connectivity index (χ4v) is 4.91. The second-order valence-electron chi connectivity index (χ2n) is 6.77. The predicted octanol–water partition coefficient (Wildman–Crippen LogP) is 4.13. The summed E-state index contributed by atoms with van der Waals surface area (Å²) in [5.74, 6) is 0.225. The molecule has 2 aromatic carbocycles. The van der Waals surface area contributed by atoms with E-state index in [1.54, 1.807) is 0 Å². The van der Waals surface area contributed by atoms with Gasteiger partial charge in [0, 0.05) is 21.8 Å². The number of benzene rings is 2. The van der Waals surface area contributed by atoms with Gasteiger partial charge in [-0.1, -0.05) is 71.1 Å². The van der Waals surface area contributed by atoms with E-state index in [1.165, 1.54) is 7.11 Å². The van der Waals surface area contributed by atoms with Crippen LogP contribution < -0.4 is 0 Å². The van der Waals surface area contributed by atoms with E-state index in [9.17, 15) is 4.79 Å². The summed E-state index contributed by atoms with van der Waals surface area (Å²) in [4.78, 5) is 17.9. The number of esters is 1. The number of fused-ring (bicyclic) bond motifs is 2. The molecule has 4 atom stereocenters. The van der Waals surface area contributed by atoms with Crippen molar-refractivity contribution in [3.63, 3.8) is 0 Å². The molecule has 1 saturated carbocycles. The zero-order valence-corrected chi connectivity index (χ0v) is 16.6. The van der Waals surface area contributed by atoms with Crippen molar-refractivity contribution in [2.75, 3.05) is 7.11 Å². The molecule has 2 bridgehead atoms. The van der Waals surface area contributed by atoms with E-state index in [0.29, 0.717) is 16.2 Å². The Hall–Kier alpha value is -1.89. The average molecular weight is 461 g/mol. The zero-order valence-electron chi connectivity index (χ0n) is 14.5. The summed E-state index contributed by atoms with van der Waals surface area (Å²) in [6.07, 6.45) is 1.32. The van der Waals surface area contributed by atoms with Crippen LogP contribution in [0.3, 0.4) is 0 Å². The van der Waals surface area contributed by atoms with Crippen molar-refractivity contribution in [3.8, 4) is 0 Å². The monoisotopic (exact) mass is 461 g/mol. The van der Waals surface area contributed by atoms with Crippen LogP contribution >= 0.6 is 22.6 Å². The van der Waals surface area contributed by atoms with Crippen molar-refractivity contribution in [1.29, 1.82) is 0 Å². The molecule has 0 radical (unpaired) electrons. The van der Waals surface area contributed by atoms with Gasteiger partial charge in [0.25, 0.3) is 0 Å². The molecule has 0 amide bonds. The molecule has 0 aromatic heterocycles. The maximum absolute atomic E-state index is 13.0. The first-order valence-electron chi connectivity index (χ1n) is 8.73. The zero-order chi connectivity index (χ0) is 18.1. The van der Waals surface area contributed by atoms with Gasteiger partial charge >= 0.3 is 5.97 Å². The summed E-state index contributed by atoms with van der Waals surface area (Å²) in [6.45, 7) is 0. The molecule has 2 aromatic rings. The first kappa shape index (κ1) is 17.5. The number of rotatable bonds is 3. The normalized spacial score (nSPS) is 30.1. The number of hydrogen-bond acceptors (Lipinski definition) is 4. The molecule has 0 N–H and O–H groups in total. The highest BCUT2D eigenvalue weighted by molar-refractivity contribution is 14.1. The van der Waals surface area contributed by atoms with E-state index in [0.717, 1.165) is 17.5 Å². The third-order valence-corrected chi connectivity index (χ3v) is 6.59. The van der Waals surface area contributed by atoms with Crippen molar-refractivity contribution in [1.82, 2.24) is 0 Å². The van der Waals surface area contributed by atoms with Crippen LogP contribution in [0.5, 0.6) is 0 Å². The molecule has 0 spiro atoms. The highest BCUT2D eigenvalue weighted by Crippen LogP contribution is 2.49. The molecule has 134 valence electrons. The molecule has 1 aliphatic carbocycles. The Bertz CT molecular complexity index is 824. The number of ether oxygens (including phenoxy) is 2. The molecule has 1 heterocycles. The van der Waals surface area contributed by atoms with Gasteiger partial charge in [-0.05, 0) is 24.1 Å². The largest absolute Gasteiger partial charge is 0.473 e. The van der Waals surface area contributed by atoms with E-state index in [4.69, 9.17) is 14.5 Å². The minimum atomic E-state index is -0.939. The van der Waals surface area contributed by atoms with Crippen LogP contribution in [-0.4, -0.2) is 34.5 Å². The topological polar surface area (TPSA) is 47.9 Å². The van der Waals surface area contributed by atoms with Crippen LogP contribution in [0.2, 0.25) is 0 Å². The van der Waals surface area contributed by atoms with Crippen LogP contribution in [0.1, 0.15) is 29.9 Å². The van der Waals surface area contributed by atoms with Crippen LogP contribution in [-0.2, 0) is 14.3 Å². The maximum atomic E-state index is 13.0. The summed E-state index contributed by atoms with van der Waals surface area (Å²) in [5.41, 5.74) is 1.07. The lowest BCUT2D eigenvalue weighted by atomic mass is 9.68. The molecule has 4 nitrogen and oxygen atoms in total. The van der Waals surface area contributed by atoms with E-state index >= 15 is 0 Å². The number of halogens is 1. The van der Waals surface area contributed by atoms with Crippen molar-refractivity contribution in [2.24, 2.45) is 4.99 Å². The molecule has 2 aliphatic rings. The third kappa shape index (κ3) is 2.92. The van der Waals surface area contributed by atoms with Crippen LogP contribution in [0.15, 0.2) is 65.7 Å². The molecule has 0 unspecified atom stereocenters. The van der Waals surface area contributed by atoms with Gasteiger partial charge < -0.3 is 9.47 Å². The van der Waals surface area contributed by atoms with Gasteiger partial charge in [0.2, 0.25) is 5.90 Å². The SMILES string of the molecule is COC(=O)[C@]12C[C@H](OC(c3ccccc3)=N1)[C@@H](I)C[C@@H]2c1ccccc1. The van der Waals surface area contributed by atoms with Crippen LogP contribution in [0, 0.1) is 0 Å². The number of methoxy groups -OCH3 is 1. The number of carbonyl (C=O) groups is 1. The second kappa shape index (κ2) is 7.02. The highest BCUT2D eigenvalue weighted by atomic mass is 127. The average Bonchev–Trinajstić information content (AvgIpc) is 2.71. The van der Waals surface area contributed by atoms with E-state index in [1.807, 2.05) is 48.5 Å². The van der Waals surface area contributed by atoms with Gasteiger partial charge in [-0.2, -0.15) is 0 Å². The predicted molar refractivity (Wildman–Crippen MR) is 109 cm³/mol. The van der Waals surface area contributed by atoms with Gasteiger partial charge in [-0.3, -0.25) is 0 Å². The first-order chi connectivity index (χ1) is 12.6. The first-order valence-corrected chi connectivity index (χ1v) is 9.98. The van der Waals surface area contributed by atoms with Crippen molar-refractivity contribution in [2.45, 2.75) is 34.3 Å². The maximum Gasteiger partial charge on any atom is 0.334 e. The van der Waals surface area contributed by atoms with E-state index in [-0.39, 0.29) is 18.0 Å². The molecule has 26 heavy (non-hydrogen) atoms. The quantitative estimate of drug-likeness (QED) is 0.393. The number of hydrogen-bond donors (Lipinski definition) is 0. The third-order valence-electron chi connectivity index (χ3n) is 5.28. The summed E-state index contributed by atoms with van der Waals surface area (Å²) >= 11 is 2.44. The lowest BCUT2D eigenvalue weighted by molar-refractivity contribution is -0.151. The van der Waals surface area contributed by atoms with Crippen LogP contribution in [0.25, 0.3) is 0 Å².